The predicted molar refractivity (Wildman–Crippen MR) is 66.1 cm³/mol. The number of nitrogens with zero attached hydrogens (tertiary/aromatic N) is 1. The smallest absolute Gasteiger partial charge is 0.244 e. The van der Waals surface area contributed by atoms with Gasteiger partial charge in [-0.25, -0.2) is 22.5 Å². The molecule has 0 aliphatic carbocycles. The molecule has 0 atom stereocenters. The van der Waals surface area contributed by atoms with Crippen molar-refractivity contribution in [1.82, 2.24) is 9.71 Å². The lowest BCUT2D eigenvalue weighted by Gasteiger charge is -2.06. The van der Waals surface area contributed by atoms with E-state index in [0.717, 1.165) is 12.1 Å². The van der Waals surface area contributed by atoms with Gasteiger partial charge in [-0.2, -0.15) is 0 Å². The second-order valence-corrected chi connectivity index (χ2v) is 5.61. The summed E-state index contributed by atoms with van der Waals surface area (Å²) in [5, 5.41) is 0. The van der Waals surface area contributed by atoms with Crippen LogP contribution in [-0.4, -0.2) is 13.4 Å². The molecular formula is C11H12FN3O3S. The number of halogens is 1. The van der Waals surface area contributed by atoms with E-state index < -0.39 is 20.7 Å². The fourth-order valence-electron chi connectivity index (χ4n) is 1.44. The van der Waals surface area contributed by atoms with Crippen molar-refractivity contribution in [3.63, 3.8) is 0 Å². The van der Waals surface area contributed by atoms with Crippen LogP contribution in [0.2, 0.25) is 0 Å². The van der Waals surface area contributed by atoms with Crippen molar-refractivity contribution in [1.29, 1.82) is 0 Å². The molecule has 19 heavy (non-hydrogen) atoms. The van der Waals surface area contributed by atoms with Crippen molar-refractivity contribution in [2.75, 3.05) is 5.73 Å². The number of oxazole rings is 1. The summed E-state index contributed by atoms with van der Waals surface area (Å²) in [6.45, 7) is 1.52. The van der Waals surface area contributed by atoms with Crippen LogP contribution in [0, 0.1) is 12.7 Å². The normalized spacial score (nSPS) is 11.7. The Balaban J connectivity index is 2.20. The van der Waals surface area contributed by atoms with E-state index in [2.05, 4.69) is 9.71 Å². The molecule has 0 saturated carbocycles. The van der Waals surface area contributed by atoms with Gasteiger partial charge in [0.25, 0.3) is 0 Å². The molecule has 2 aromatic rings. The Bertz CT molecular complexity index is 697. The van der Waals surface area contributed by atoms with Crippen LogP contribution >= 0.6 is 0 Å². The lowest BCUT2D eigenvalue weighted by molar-refractivity contribution is 0.462. The van der Waals surface area contributed by atoms with Crippen molar-refractivity contribution >= 4 is 15.7 Å². The van der Waals surface area contributed by atoms with Crippen LogP contribution in [0.1, 0.15) is 11.7 Å². The number of aromatic nitrogens is 1. The van der Waals surface area contributed by atoms with Gasteiger partial charge < -0.3 is 10.2 Å². The molecule has 0 aliphatic heterocycles. The number of aryl methyl sites for hydroxylation is 1. The zero-order valence-corrected chi connectivity index (χ0v) is 10.9. The molecule has 2 rings (SSSR count). The van der Waals surface area contributed by atoms with E-state index in [1.54, 1.807) is 6.92 Å². The number of benzene rings is 1. The first-order valence-electron chi connectivity index (χ1n) is 5.34. The molecular weight excluding hydrogens is 273 g/mol. The highest BCUT2D eigenvalue weighted by molar-refractivity contribution is 7.89. The topological polar surface area (TPSA) is 98.2 Å². The molecule has 1 heterocycles. The molecule has 6 nitrogen and oxygen atoms in total. The van der Waals surface area contributed by atoms with Crippen LogP contribution in [0.25, 0.3) is 0 Å². The number of hydrogen-bond donors (Lipinski definition) is 2. The summed E-state index contributed by atoms with van der Waals surface area (Å²) in [6, 6.07) is 3.34. The quantitative estimate of drug-likeness (QED) is 0.822. The molecule has 0 saturated heterocycles. The summed E-state index contributed by atoms with van der Waals surface area (Å²) in [5.74, 6) is -0.111. The van der Waals surface area contributed by atoms with Gasteiger partial charge in [-0.1, -0.05) is 0 Å². The maximum Gasteiger partial charge on any atom is 0.244 e. The Morgan fingerprint density at radius 2 is 2.21 bits per heavy atom. The number of sulfonamides is 1. The first-order valence-corrected chi connectivity index (χ1v) is 6.83. The number of nitrogens with one attached hydrogen (secondary N) is 1. The molecule has 0 spiro atoms. The molecule has 0 unspecified atom stereocenters. The van der Waals surface area contributed by atoms with Gasteiger partial charge in [0.1, 0.15) is 16.5 Å². The predicted octanol–water partition coefficient (Wildman–Crippen LogP) is 1.18. The second kappa shape index (κ2) is 4.98. The molecule has 0 bridgehead atoms. The van der Waals surface area contributed by atoms with Crippen LogP contribution in [-0.2, 0) is 16.6 Å². The molecule has 3 N–H and O–H groups in total. The summed E-state index contributed by atoms with van der Waals surface area (Å²) >= 11 is 0. The molecule has 1 aromatic heterocycles. The highest BCUT2D eigenvalue weighted by atomic mass is 32.2. The standard InChI is InChI=1S/C11H12FN3O3S/c1-7-5-14-11(18-7)6-15-19(16,17)10-4-8(13)2-3-9(10)12/h2-5,15H,6,13H2,1H3. The number of hydrogen-bond acceptors (Lipinski definition) is 5. The third kappa shape index (κ3) is 3.09. The highest BCUT2D eigenvalue weighted by Crippen LogP contribution is 2.17. The minimum atomic E-state index is -4.01. The Labute approximate surface area is 109 Å². The molecule has 102 valence electrons. The average molecular weight is 285 g/mol. The monoisotopic (exact) mass is 285 g/mol. The first-order chi connectivity index (χ1) is 8.88. The summed E-state index contributed by atoms with van der Waals surface area (Å²) in [7, 11) is -4.01. The van der Waals surface area contributed by atoms with Crippen molar-refractivity contribution in [2.45, 2.75) is 18.4 Å². The minimum Gasteiger partial charge on any atom is -0.445 e. The summed E-state index contributed by atoms with van der Waals surface area (Å²) in [5.41, 5.74) is 5.61. The third-order valence-electron chi connectivity index (χ3n) is 2.33. The zero-order chi connectivity index (χ0) is 14.0. The average Bonchev–Trinajstić information content (AvgIpc) is 2.76. The van der Waals surface area contributed by atoms with E-state index in [0.29, 0.717) is 5.76 Å². The largest absolute Gasteiger partial charge is 0.445 e. The van der Waals surface area contributed by atoms with Crippen LogP contribution < -0.4 is 10.5 Å². The molecule has 1 aromatic carbocycles. The van der Waals surface area contributed by atoms with Crippen LogP contribution in [0.3, 0.4) is 0 Å². The zero-order valence-electron chi connectivity index (χ0n) is 10.1. The highest BCUT2D eigenvalue weighted by Gasteiger charge is 2.19. The lowest BCUT2D eigenvalue weighted by Crippen LogP contribution is -2.24. The van der Waals surface area contributed by atoms with Crippen LogP contribution in [0.4, 0.5) is 10.1 Å². The summed E-state index contributed by atoms with van der Waals surface area (Å²) in [6.07, 6.45) is 1.46. The SMILES string of the molecule is Cc1cnc(CNS(=O)(=O)c2cc(N)ccc2F)o1. The van der Waals surface area contributed by atoms with Gasteiger partial charge in [0.2, 0.25) is 15.9 Å². The van der Waals surface area contributed by atoms with Gasteiger partial charge in [0.15, 0.2) is 0 Å². The molecule has 0 amide bonds. The van der Waals surface area contributed by atoms with E-state index in [1.807, 2.05) is 0 Å². The number of nitrogens with two attached hydrogens (primary N) is 1. The Morgan fingerprint density at radius 1 is 1.47 bits per heavy atom. The van der Waals surface area contributed by atoms with E-state index in [9.17, 15) is 12.8 Å². The van der Waals surface area contributed by atoms with Gasteiger partial charge >= 0.3 is 0 Å². The van der Waals surface area contributed by atoms with Crippen LogP contribution in [0.5, 0.6) is 0 Å². The van der Waals surface area contributed by atoms with E-state index in [4.69, 9.17) is 10.2 Å². The maximum absolute atomic E-state index is 13.5. The Morgan fingerprint density at radius 3 is 2.84 bits per heavy atom. The number of rotatable bonds is 4. The molecule has 0 aliphatic rings. The van der Waals surface area contributed by atoms with Crippen molar-refractivity contribution in [3.05, 3.63) is 41.9 Å². The van der Waals surface area contributed by atoms with Crippen molar-refractivity contribution < 1.29 is 17.2 Å². The second-order valence-electron chi connectivity index (χ2n) is 3.88. The first kappa shape index (κ1) is 13.5. The lowest BCUT2D eigenvalue weighted by atomic mass is 10.3. The Kier molecular flexibility index (Phi) is 3.54. The Hall–Kier alpha value is -1.93. The number of nitrogen functional groups attached to an aromatic ring is 1. The van der Waals surface area contributed by atoms with Gasteiger partial charge in [-0.3, -0.25) is 0 Å². The van der Waals surface area contributed by atoms with Crippen LogP contribution in [0.15, 0.2) is 33.7 Å². The fourth-order valence-corrected chi connectivity index (χ4v) is 2.53. The van der Waals surface area contributed by atoms with Gasteiger partial charge in [-0.15, -0.1) is 0 Å². The maximum atomic E-state index is 13.5. The van der Waals surface area contributed by atoms with Crippen molar-refractivity contribution in [3.8, 4) is 0 Å². The van der Waals surface area contributed by atoms with Gasteiger partial charge in [0.05, 0.1) is 12.7 Å². The van der Waals surface area contributed by atoms with E-state index in [1.165, 1.54) is 12.3 Å². The summed E-state index contributed by atoms with van der Waals surface area (Å²) in [4.78, 5) is 3.34. The summed E-state index contributed by atoms with van der Waals surface area (Å²) < 4.78 is 44.6. The van der Waals surface area contributed by atoms with Crippen molar-refractivity contribution in [2.24, 2.45) is 0 Å². The minimum absolute atomic E-state index is 0.161. The van der Waals surface area contributed by atoms with E-state index >= 15 is 0 Å². The van der Waals surface area contributed by atoms with Gasteiger partial charge in [0, 0.05) is 5.69 Å². The molecule has 0 radical (unpaired) electrons. The third-order valence-corrected chi connectivity index (χ3v) is 3.74. The van der Waals surface area contributed by atoms with E-state index in [-0.39, 0.29) is 18.1 Å². The fraction of sp³-hybridized carbons (Fsp3) is 0.182. The molecule has 0 fully saturated rings. The van der Waals surface area contributed by atoms with Gasteiger partial charge in [-0.05, 0) is 25.1 Å². The number of anilines is 1. The molecule has 8 heteroatoms.